The number of hydrogen-bond donors (Lipinski definition) is 1. The van der Waals surface area contributed by atoms with E-state index in [-0.39, 0.29) is 11.9 Å². The van der Waals surface area contributed by atoms with E-state index in [4.69, 9.17) is 4.42 Å². The van der Waals surface area contributed by atoms with Crippen LogP contribution in [0.15, 0.2) is 22.8 Å². The van der Waals surface area contributed by atoms with E-state index in [2.05, 4.69) is 5.32 Å². The Hall–Kier alpha value is -1.29. The Morgan fingerprint density at radius 1 is 1.69 bits per heavy atom. The van der Waals surface area contributed by atoms with E-state index in [1.807, 2.05) is 24.0 Å². The number of nitrogens with zero attached hydrogens (tertiary/aromatic N) is 1. The largest absolute Gasteiger partial charge is 0.467 e. The molecule has 0 saturated carbocycles. The fourth-order valence-corrected chi connectivity index (χ4v) is 2.05. The van der Waals surface area contributed by atoms with Crippen molar-refractivity contribution >= 4 is 5.91 Å². The van der Waals surface area contributed by atoms with Crippen molar-refractivity contribution in [1.29, 1.82) is 0 Å². The molecule has 0 aromatic carbocycles. The van der Waals surface area contributed by atoms with Gasteiger partial charge >= 0.3 is 0 Å². The first-order valence-electron chi connectivity index (χ1n) is 5.86. The topological polar surface area (TPSA) is 45.5 Å². The van der Waals surface area contributed by atoms with Gasteiger partial charge in [0.05, 0.1) is 18.8 Å². The van der Waals surface area contributed by atoms with Crippen molar-refractivity contribution in [2.45, 2.75) is 32.4 Å². The number of carbonyl (C=O) groups is 1. The maximum atomic E-state index is 12.1. The van der Waals surface area contributed by atoms with Crippen LogP contribution < -0.4 is 5.32 Å². The maximum Gasteiger partial charge on any atom is 0.240 e. The van der Waals surface area contributed by atoms with Crippen LogP contribution in [0.2, 0.25) is 0 Å². The molecule has 1 N–H and O–H groups in total. The predicted molar refractivity (Wildman–Crippen MR) is 60.8 cm³/mol. The molecule has 1 aliphatic rings. The Bertz CT molecular complexity index is 329. The lowest BCUT2D eigenvalue weighted by Gasteiger charge is -2.23. The van der Waals surface area contributed by atoms with E-state index >= 15 is 0 Å². The van der Waals surface area contributed by atoms with Gasteiger partial charge in [-0.15, -0.1) is 0 Å². The summed E-state index contributed by atoms with van der Waals surface area (Å²) in [6.07, 6.45) is 3.68. The van der Waals surface area contributed by atoms with E-state index in [1.54, 1.807) is 6.26 Å². The molecule has 88 valence electrons. The summed E-state index contributed by atoms with van der Waals surface area (Å²) in [6, 6.07) is 3.76. The zero-order valence-corrected chi connectivity index (χ0v) is 9.61. The molecule has 1 aromatic rings. The molecule has 1 saturated heterocycles. The van der Waals surface area contributed by atoms with Gasteiger partial charge < -0.3 is 14.6 Å². The lowest BCUT2D eigenvalue weighted by Crippen LogP contribution is -2.43. The second-order valence-electron chi connectivity index (χ2n) is 4.08. The highest BCUT2D eigenvalue weighted by molar-refractivity contribution is 5.82. The summed E-state index contributed by atoms with van der Waals surface area (Å²) in [5, 5.41) is 3.23. The molecule has 2 rings (SSSR count). The van der Waals surface area contributed by atoms with Gasteiger partial charge in [-0.3, -0.25) is 4.79 Å². The van der Waals surface area contributed by atoms with Gasteiger partial charge in [0.25, 0.3) is 0 Å². The van der Waals surface area contributed by atoms with Gasteiger partial charge in [0.15, 0.2) is 0 Å². The van der Waals surface area contributed by atoms with Crippen molar-refractivity contribution in [3.63, 3.8) is 0 Å². The summed E-state index contributed by atoms with van der Waals surface area (Å²) >= 11 is 0. The molecule has 0 bridgehead atoms. The summed E-state index contributed by atoms with van der Waals surface area (Å²) in [6.45, 7) is 4.24. The maximum absolute atomic E-state index is 12.1. The van der Waals surface area contributed by atoms with Gasteiger partial charge in [0.1, 0.15) is 5.76 Å². The number of hydrogen-bond acceptors (Lipinski definition) is 3. The monoisotopic (exact) mass is 222 g/mol. The van der Waals surface area contributed by atoms with Crippen molar-refractivity contribution in [3.8, 4) is 0 Å². The summed E-state index contributed by atoms with van der Waals surface area (Å²) in [7, 11) is 0. The smallest absolute Gasteiger partial charge is 0.240 e. The van der Waals surface area contributed by atoms with Crippen LogP contribution in [-0.4, -0.2) is 29.9 Å². The minimum absolute atomic E-state index is 0.00918. The Morgan fingerprint density at radius 2 is 2.56 bits per heavy atom. The molecule has 0 unspecified atom stereocenters. The fourth-order valence-electron chi connectivity index (χ4n) is 2.05. The molecule has 16 heavy (non-hydrogen) atoms. The lowest BCUT2D eigenvalue weighted by atomic mass is 10.2. The SMILES string of the molecule is CCN(Cc1ccco1)C(=O)[C@@H]1CCCN1. The van der Waals surface area contributed by atoms with Gasteiger partial charge in [0.2, 0.25) is 5.91 Å². The average molecular weight is 222 g/mol. The van der Waals surface area contributed by atoms with E-state index < -0.39 is 0 Å². The molecular weight excluding hydrogens is 204 g/mol. The van der Waals surface area contributed by atoms with Crippen LogP contribution in [0.25, 0.3) is 0 Å². The second kappa shape index (κ2) is 5.16. The first-order chi connectivity index (χ1) is 7.81. The van der Waals surface area contributed by atoms with Gasteiger partial charge in [0, 0.05) is 6.54 Å². The van der Waals surface area contributed by atoms with E-state index in [1.165, 1.54) is 0 Å². The zero-order valence-electron chi connectivity index (χ0n) is 9.61. The van der Waals surface area contributed by atoms with Crippen LogP contribution in [0.4, 0.5) is 0 Å². The van der Waals surface area contributed by atoms with E-state index in [0.717, 1.165) is 31.7 Å². The van der Waals surface area contributed by atoms with Crippen molar-refractivity contribution < 1.29 is 9.21 Å². The Kier molecular flexibility index (Phi) is 3.62. The first kappa shape index (κ1) is 11.2. The van der Waals surface area contributed by atoms with Crippen LogP contribution in [0.5, 0.6) is 0 Å². The number of rotatable bonds is 4. The quantitative estimate of drug-likeness (QED) is 0.837. The highest BCUT2D eigenvalue weighted by Crippen LogP contribution is 2.11. The summed E-state index contributed by atoms with van der Waals surface area (Å²) in [4.78, 5) is 14.0. The second-order valence-corrected chi connectivity index (χ2v) is 4.08. The molecule has 4 nitrogen and oxygen atoms in total. The molecule has 1 atom stereocenters. The van der Waals surface area contributed by atoms with Crippen molar-refractivity contribution in [2.75, 3.05) is 13.1 Å². The van der Waals surface area contributed by atoms with Crippen LogP contribution in [0.3, 0.4) is 0 Å². The van der Waals surface area contributed by atoms with Gasteiger partial charge in [-0.2, -0.15) is 0 Å². The van der Waals surface area contributed by atoms with Crippen molar-refractivity contribution in [1.82, 2.24) is 10.2 Å². The normalized spacial score (nSPS) is 19.9. The van der Waals surface area contributed by atoms with E-state index in [0.29, 0.717) is 6.54 Å². The predicted octanol–water partition coefficient (Wildman–Crippen LogP) is 1.38. The van der Waals surface area contributed by atoms with Crippen LogP contribution in [0, 0.1) is 0 Å². The van der Waals surface area contributed by atoms with Crippen molar-refractivity contribution in [2.24, 2.45) is 0 Å². The summed E-state index contributed by atoms with van der Waals surface area (Å²) in [5.41, 5.74) is 0. The number of amides is 1. The standard InChI is InChI=1S/C12H18N2O2/c1-2-14(9-10-5-4-8-16-10)12(15)11-6-3-7-13-11/h4-5,8,11,13H,2-3,6-7,9H2,1H3/t11-/m0/s1. The zero-order chi connectivity index (χ0) is 11.4. The third-order valence-corrected chi connectivity index (χ3v) is 2.98. The van der Waals surface area contributed by atoms with Crippen LogP contribution >= 0.6 is 0 Å². The Balaban J connectivity index is 1.96. The highest BCUT2D eigenvalue weighted by Gasteiger charge is 2.26. The third kappa shape index (κ3) is 2.44. The summed E-state index contributed by atoms with van der Waals surface area (Å²) < 4.78 is 5.26. The van der Waals surface area contributed by atoms with Gasteiger partial charge in [-0.05, 0) is 38.4 Å². The van der Waals surface area contributed by atoms with Crippen LogP contribution in [-0.2, 0) is 11.3 Å². The molecule has 1 fully saturated rings. The minimum atomic E-state index is 0.00918. The lowest BCUT2D eigenvalue weighted by molar-refractivity contribution is -0.133. The molecule has 1 aromatic heterocycles. The Labute approximate surface area is 95.6 Å². The average Bonchev–Trinajstić information content (AvgIpc) is 2.97. The van der Waals surface area contributed by atoms with Crippen LogP contribution in [0.1, 0.15) is 25.5 Å². The van der Waals surface area contributed by atoms with Crippen molar-refractivity contribution in [3.05, 3.63) is 24.2 Å². The minimum Gasteiger partial charge on any atom is -0.467 e. The molecule has 1 amide bonds. The highest BCUT2D eigenvalue weighted by atomic mass is 16.3. The number of nitrogens with one attached hydrogen (secondary N) is 1. The molecule has 0 spiro atoms. The molecule has 0 radical (unpaired) electrons. The molecular formula is C12H18N2O2. The van der Waals surface area contributed by atoms with Gasteiger partial charge in [-0.1, -0.05) is 0 Å². The molecule has 1 aliphatic heterocycles. The number of likely N-dealkylation sites (N-methyl/N-ethyl adjacent to an activating group) is 1. The number of furan rings is 1. The number of carbonyl (C=O) groups excluding carboxylic acids is 1. The molecule has 4 heteroatoms. The first-order valence-corrected chi connectivity index (χ1v) is 5.86. The van der Waals surface area contributed by atoms with E-state index in [9.17, 15) is 4.79 Å². The summed E-state index contributed by atoms with van der Waals surface area (Å²) in [5.74, 6) is 1.03. The fraction of sp³-hybridized carbons (Fsp3) is 0.583. The Morgan fingerprint density at radius 3 is 3.12 bits per heavy atom. The molecule has 0 aliphatic carbocycles. The van der Waals surface area contributed by atoms with Gasteiger partial charge in [-0.25, -0.2) is 0 Å². The third-order valence-electron chi connectivity index (χ3n) is 2.98. The molecule has 2 heterocycles.